The first-order chi connectivity index (χ1) is 10.2. The predicted molar refractivity (Wildman–Crippen MR) is 82.4 cm³/mol. The lowest BCUT2D eigenvalue weighted by Crippen LogP contribution is -2.33. The number of nitrogens with one attached hydrogen (secondary N) is 2. The van der Waals surface area contributed by atoms with Crippen molar-refractivity contribution in [3.05, 3.63) is 77.5 Å². The number of benzene rings is 2. The van der Waals surface area contributed by atoms with Crippen LogP contribution in [0.4, 0.5) is 0 Å². The van der Waals surface area contributed by atoms with Crippen LogP contribution in [0.15, 0.2) is 66.4 Å². The van der Waals surface area contributed by atoms with Gasteiger partial charge in [-0.1, -0.05) is 48.5 Å². The van der Waals surface area contributed by atoms with Crippen LogP contribution in [0.25, 0.3) is 6.08 Å². The van der Waals surface area contributed by atoms with Gasteiger partial charge in [0.25, 0.3) is 11.8 Å². The standard InChI is InChI=1S/C17H16N2O2/c1-18-17(21)15(12-13-8-4-2-5-9-13)19-16(20)14-10-6-3-7-11-14/h2-12H,1H3,(H,18,21)(H,19,20)/b15-12-. The number of carbonyl (C=O) groups excluding carboxylic acids is 2. The van der Waals surface area contributed by atoms with Gasteiger partial charge in [-0.05, 0) is 23.8 Å². The van der Waals surface area contributed by atoms with Gasteiger partial charge in [-0.3, -0.25) is 9.59 Å². The van der Waals surface area contributed by atoms with E-state index in [-0.39, 0.29) is 17.5 Å². The molecule has 4 nitrogen and oxygen atoms in total. The summed E-state index contributed by atoms with van der Waals surface area (Å²) >= 11 is 0. The van der Waals surface area contributed by atoms with Gasteiger partial charge in [-0.25, -0.2) is 0 Å². The third kappa shape index (κ3) is 4.04. The fraction of sp³-hybridized carbons (Fsp3) is 0.0588. The van der Waals surface area contributed by atoms with Crippen molar-refractivity contribution in [2.45, 2.75) is 0 Å². The van der Waals surface area contributed by atoms with Crippen molar-refractivity contribution in [3.63, 3.8) is 0 Å². The van der Waals surface area contributed by atoms with E-state index < -0.39 is 0 Å². The summed E-state index contributed by atoms with van der Waals surface area (Å²) in [7, 11) is 1.52. The quantitative estimate of drug-likeness (QED) is 0.844. The van der Waals surface area contributed by atoms with Crippen molar-refractivity contribution in [1.29, 1.82) is 0 Å². The Bertz CT molecular complexity index is 649. The van der Waals surface area contributed by atoms with Gasteiger partial charge in [0.05, 0.1) is 0 Å². The Balaban J connectivity index is 2.24. The van der Waals surface area contributed by atoms with E-state index in [4.69, 9.17) is 0 Å². The monoisotopic (exact) mass is 280 g/mol. The highest BCUT2D eigenvalue weighted by atomic mass is 16.2. The SMILES string of the molecule is CNC(=O)/C(=C/c1ccccc1)NC(=O)c1ccccc1. The maximum Gasteiger partial charge on any atom is 0.267 e. The molecule has 2 aromatic rings. The molecule has 0 bridgehead atoms. The molecule has 2 N–H and O–H groups in total. The minimum absolute atomic E-state index is 0.206. The van der Waals surface area contributed by atoms with Crippen LogP contribution in [0.3, 0.4) is 0 Å². The maximum atomic E-state index is 12.1. The van der Waals surface area contributed by atoms with E-state index in [1.165, 1.54) is 7.05 Å². The Labute approximate surface area is 123 Å². The number of hydrogen-bond acceptors (Lipinski definition) is 2. The van der Waals surface area contributed by atoms with Crippen molar-refractivity contribution < 1.29 is 9.59 Å². The summed E-state index contributed by atoms with van der Waals surface area (Å²) in [5.74, 6) is -0.662. The van der Waals surface area contributed by atoms with E-state index in [2.05, 4.69) is 10.6 Å². The molecule has 0 aliphatic heterocycles. The van der Waals surface area contributed by atoms with E-state index >= 15 is 0 Å². The first-order valence-electron chi connectivity index (χ1n) is 6.56. The highest BCUT2D eigenvalue weighted by Crippen LogP contribution is 2.06. The molecule has 0 aliphatic carbocycles. The molecule has 0 aromatic heterocycles. The lowest BCUT2D eigenvalue weighted by Gasteiger charge is -2.09. The summed E-state index contributed by atoms with van der Waals surface area (Å²) in [6.07, 6.45) is 1.64. The molecule has 0 unspecified atom stereocenters. The van der Waals surface area contributed by atoms with E-state index in [9.17, 15) is 9.59 Å². The predicted octanol–water partition coefficient (Wildman–Crippen LogP) is 2.20. The normalized spacial score (nSPS) is 10.8. The van der Waals surface area contributed by atoms with Crippen LogP contribution >= 0.6 is 0 Å². The molecule has 21 heavy (non-hydrogen) atoms. The molecular formula is C17H16N2O2. The number of rotatable bonds is 4. The van der Waals surface area contributed by atoms with Gasteiger partial charge in [0.15, 0.2) is 0 Å². The van der Waals surface area contributed by atoms with Crippen molar-refractivity contribution in [2.75, 3.05) is 7.05 Å². The van der Waals surface area contributed by atoms with Gasteiger partial charge < -0.3 is 10.6 Å². The van der Waals surface area contributed by atoms with Crippen molar-refractivity contribution in [2.24, 2.45) is 0 Å². The van der Waals surface area contributed by atoms with Crippen LogP contribution in [-0.2, 0) is 4.79 Å². The summed E-state index contributed by atoms with van der Waals surface area (Å²) in [6, 6.07) is 18.1. The molecule has 0 saturated heterocycles. The lowest BCUT2D eigenvalue weighted by atomic mass is 10.1. The van der Waals surface area contributed by atoms with Crippen molar-refractivity contribution >= 4 is 17.9 Å². The third-order valence-corrected chi connectivity index (χ3v) is 2.87. The van der Waals surface area contributed by atoms with Gasteiger partial charge in [0.2, 0.25) is 0 Å². The number of likely N-dealkylation sites (N-methyl/N-ethyl adjacent to an activating group) is 1. The molecule has 0 radical (unpaired) electrons. The van der Waals surface area contributed by atoms with Gasteiger partial charge in [0, 0.05) is 12.6 Å². The Morgan fingerprint density at radius 2 is 1.48 bits per heavy atom. The first-order valence-corrected chi connectivity index (χ1v) is 6.56. The Morgan fingerprint density at radius 1 is 0.905 bits per heavy atom. The topological polar surface area (TPSA) is 58.2 Å². The number of carbonyl (C=O) groups is 2. The van der Waals surface area contributed by atoms with Crippen molar-refractivity contribution in [3.8, 4) is 0 Å². The van der Waals surface area contributed by atoms with Crippen LogP contribution in [0.5, 0.6) is 0 Å². The Morgan fingerprint density at radius 3 is 2.05 bits per heavy atom. The van der Waals surface area contributed by atoms with Crippen LogP contribution in [-0.4, -0.2) is 18.9 Å². The average Bonchev–Trinajstić information content (AvgIpc) is 2.55. The van der Waals surface area contributed by atoms with Crippen LogP contribution < -0.4 is 10.6 Å². The molecule has 0 heterocycles. The second-order valence-corrected chi connectivity index (χ2v) is 4.37. The zero-order valence-corrected chi connectivity index (χ0v) is 11.7. The molecule has 2 rings (SSSR count). The van der Waals surface area contributed by atoms with E-state index in [0.29, 0.717) is 5.56 Å². The second-order valence-electron chi connectivity index (χ2n) is 4.37. The summed E-state index contributed by atoms with van der Waals surface area (Å²) in [4.78, 5) is 24.0. The second kappa shape index (κ2) is 7.05. The lowest BCUT2D eigenvalue weighted by molar-refractivity contribution is -0.117. The molecule has 0 atom stereocenters. The summed E-state index contributed by atoms with van der Waals surface area (Å²) in [5, 5.41) is 5.16. The van der Waals surface area contributed by atoms with Gasteiger partial charge in [-0.15, -0.1) is 0 Å². The zero-order valence-electron chi connectivity index (χ0n) is 11.7. The minimum atomic E-state index is -0.344. The number of hydrogen-bond donors (Lipinski definition) is 2. The zero-order chi connectivity index (χ0) is 15.1. The summed E-state index contributed by atoms with van der Waals surface area (Å²) in [6.45, 7) is 0. The third-order valence-electron chi connectivity index (χ3n) is 2.87. The Kier molecular flexibility index (Phi) is 4.88. The molecule has 0 aliphatic rings. The van der Waals surface area contributed by atoms with E-state index in [1.54, 1.807) is 30.3 Å². The van der Waals surface area contributed by atoms with Gasteiger partial charge in [-0.2, -0.15) is 0 Å². The van der Waals surface area contributed by atoms with Crippen LogP contribution in [0.2, 0.25) is 0 Å². The highest BCUT2D eigenvalue weighted by molar-refractivity contribution is 6.05. The smallest absolute Gasteiger partial charge is 0.267 e. The van der Waals surface area contributed by atoms with Gasteiger partial charge >= 0.3 is 0 Å². The molecule has 0 saturated carbocycles. The molecule has 0 spiro atoms. The first kappa shape index (κ1) is 14.5. The molecule has 2 amide bonds. The summed E-state index contributed by atoms with van der Waals surface area (Å²) < 4.78 is 0. The maximum absolute atomic E-state index is 12.1. The molecule has 106 valence electrons. The van der Waals surface area contributed by atoms with Gasteiger partial charge in [0.1, 0.15) is 5.70 Å². The molecule has 0 fully saturated rings. The van der Waals surface area contributed by atoms with E-state index in [1.807, 2.05) is 36.4 Å². The number of amides is 2. The summed E-state index contributed by atoms with van der Waals surface area (Å²) in [5.41, 5.74) is 1.54. The minimum Gasteiger partial charge on any atom is -0.354 e. The Hall–Kier alpha value is -2.88. The molecule has 4 heteroatoms. The van der Waals surface area contributed by atoms with Crippen LogP contribution in [0.1, 0.15) is 15.9 Å². The van der Waals surface area contributed by atoms with Crippen LogP contribution in [0, 0.1) is 0 Å². The highest BCUT2D eigenvalue weighted by Gasteiger charge is 2.12. The van der Waals surface area contributed by atoms with Crippen molar-refractivity contribution in [1.82, 2.24) is 10.6 Å². The average molecular weight is 280 g/mol. The van der Waals surface area contributed by atoms with E-state index in [0.717, 1.165) is 5.56 Å². The molecular weight excluding hydrogens is 264 g/mol. The fourth-order valence-electron chi connectivity index (χ4n) is 1.79. The molecule has 2 aromatic carbocycles. The largest absolute Gasteiger partial charge is 0.354 e. The fourth-order valence-corrected chi connectivity index (χ4v) is 1.79.